The van der Waals surface area contributed by atoms with Crippen LogP contribution in [0.15, 0.2) is 0 Å². The summed E-state index contributed by atoms with van der Waals surface area (Å²) in [6.07, 6.45) is 10.0. The maximum absolute atomic E-state index is 8.91. The summed E-state index contributed by atoms with van der Waals surface area (Å²) in [4.78, 5) is 8.56. The fourth-order valence-electron chi connectivity index (χ4n) is 2.16. The van der Waals surface area contributed by atoms with Gasteiger partial charge in [-0.2, -0.15) is 0 Å². The largest absolute Gasteiger partial charge is 0.503 e. The summed E-state index contributed by atoms with van der Waals surface area (Å²) in [7, 11) is 0. The molecule has 0 spiro atoms. The molecular formula is C13H26O5. The third kappa shape index (κ3) is 13.3. The summed E-state index contributed by atoms with van der Waals surface area (Å²) in [5.74, 6) is 0. The Labute approximate surface area is 108 Å². The van der Waals surface area contributed by atoms with Crippen LogP contribution in [0.3, 0.4) is 0 Å². The van der Waals surface area contributed by atoms with Crippen molar-refractivity contribution in [2.24, 2.45) is 0 Å². The van der Waals surface area contributed by atoms with Gasteiger partial charge in [0.25, 0.3) is 0 Å². The first-order valence-electron chi connectivity index (χ1n) is 6.80. The normalized spacial score (nSPS) is 21.0. The van der Waals surface area contributed by atoms with Crippen LogP contribution < -0.4 is 0 Å². The number of aliphatic hydroxyl groups is 2. The molecule has 18 heavy (non-hydrogen) atoms. The van der Waals surface area contributed by atoms with Crippen LogP contribution in [0.2, 0.25) is 0 Å². The molecular weight excluding hydrogens is 236 g/mol. The number of hydrogen-bond donors (Lipinski definition) is 4. The molecule has 5 nitrogen and oxygen atoms in total. The van der Waals surface area contributed by atoms with Crippen molar-refractivity contribution in [2.75, 3.05) is 0 Å². The van der Waals surface area contributed by atoms with Gasteiger partial charge in [0.05, 0.1) is 12.2 Å². The molecule has 0 bridgehead atoms. The first-order chi connectivity index (χ1) is 8.52. The zero-order valence-electron chi connectivity index (χ0n) is 10.9. The van der Waals surface area contributed by atoms with Gasteiger partial charge in [-0.1, -0.05) is 38.5 Å². The minimum atomic E-state index is -1.83. The predicted octanol–water partition coefficient (Wildman–Crippen LogP) is 2.85. The number of aliphatic hydroxyl groups excluding tert-OH is 2. The van der Waals surface area contributed by atoms with Crippen LogP contribution in [-0.4, -0.2) is 38.8 Å². The fourth-order valence-corrected chi connectivity index (χ4v) is 2.16. The molecule has 2 fully saturated rings. The SMILES string of the molecule is O=C(O)O.OC1CCCCC1.OC1CCCCC1. The monoisotopic (exact) mass is 262 g/mol. The second kappa shape index (κ2) is 11.3. The van der Waals surface area contributed by atoms with Crippen molar-refractivity contribution in [2.45, 2.75) is 76.4 Å². The molecule has 4 N–H and O–H groups in total. The van der Waals surface area contributed by atoms with Gasteiger partial charge in [0.15, 0.2) is 0 Å². The van der Waals surface area contributed by atoms with Gasteiger partial charge in [0, 0.05) is 0 Å². The summed E-state index contributed by atoms with van der Waals surface area (Å²) in [5, 5.41) is 31.8. The average Bonchev–Trinajstić information content (AvgIpc) is 2.31. The first kappa shape index (κ1) is 17.2. The smallest absolute Gasteiger partial charge is 0.450 e. The van der Waals surface area contributed by atoms with E-state index in [2.05, 4.69) is 0 Å². The lowest BCUT2D eigenvalue weighted by molar-refractivity contribution is 0.130. The van der Waals surface area contributed by atoms with Crippen molar-refractivity contribution in [1.82, 2.24) is 0 Å². The molecule has 2 rings (SSSR count). The van der Waals surface area contributed by atoms with Crippen molar-refractivity contribution in [3.63, 3.8) is 0 Å². The van der Waals surface area contributed by atoms with Crippen LogP contribution >= 0.6 is 0 Å². The topological polar surface area (TPSA) is 98.0 Å². The number of carbonyl (C=O) groups is 1. The van der Waals surface area contributed by atoms with Gasteiger partial charge in [-0.3, -0.25) is 0 Å². The molecule has 0 saturated heterocycles. The summed E-state index contributed by atoms with van der Waals surface area (Å²) in [6, 6.07) is 0. The van der Waals surface area contributed by atoms with Gasteiger partial charge >= 0.3 is 6.16 Å². The second-order valence-electron chi connectivity index (χ2n) is 4.87. The van der Waals surface area contributed by atoms with Gasteiger partial charge in [-0.15, -0.1) is 0 Å². The molecule has 2 aliphatic carbocycles. The number of carboxylic acid groups (broad SMARTS) is 2. The zero-order valence-corrected chi connectivity index (χ0v) is 10.9. The van der Waals surface area contributed by atoms with Gasteiger partial charge in [0.2, 0.25) is 0 Å². The molecule has 0 heterocycles. The standard InChI is InChI=1S/2C6H12O.CH2O3/c2*7-6-4-2-1-3-5-6;2-1(3)4/h2*6-7H,1-5H2;(H2,2,3,4). The minimum absolute atomic E-state index is 0.0359. The van der Waals surface area contributed by atoms with Gasteiger partial charge in [0.1, 0.15) is 0 Å². The van der Waals surface area contributed by atoms with E-state index in [-0.39, 0.29) is 12.2 Å². The van der Waals surface area contributed by atoms with E-state index in [0.717, 1.165) is 25.7 Å². The lowest BCUT2D eigenvalue weighted by Crippen LogP contribution is -2.09. The Morgan fingerprint density at radius 1 is 0.667 bits per heavy atom. The van der Waals surface area contributed by atoms with Crippen molar-refractivity contribution < 1.29 is 25.2 Å². The fraction of sp³-hybridized carbons (Fsp3) is 0.923. The molecule has 0 aromatic carbocycles. The van der Waals surface area contributed by atoms with E-state index in [0.29, 0.717) is 0 Å². The van der Waals surface area contributed by atoms with E-state index in [1.807, 2.05) is 0 Å². The molecule has 0 aliphatic heterocycles. The van der Waals surface area contributed by atoms with Crippen LogP contribution in [0, 0.1) is 0 Å². The van der Waals surface area contributed by atoms with Gasteiger partial charge < -0.3 is 20.4 Å². The Morgan fingerprint density at radius 2 is 0.889 bits per heavy atom. The lowest BCUT2D eigenvalue weighted by atomic mass is 9.98. The molecule has 0 radical (unpaired) electrons. The Kier molecular flexibility index (Phi) is 10.8. The summed E-state index contributed by atoms with van der Waals surface area (Å²) in [5.41, 5.74) is 0. The Balaban J connectivity index is 0.000000253. The van der Waals surface area contributed by atoms with E-state index < -0.39 is 6.16 Å². The highest BCUT2D eigenvalue weighted by atomic mass is 16.6. The quantitative estimate of drug-likeness (QED) is 0.538. The van der Waals surface area contributed by atoms with Gasteiger partial charge in [-0.25, -0.2) is 4.79 Å². The lowest BCUT2D eigenvalue weighted by Gasteiger charge is -2.14. The Morgan fingerprint density at radius 3 is 1.00 bits per heavy atom. The van der Waals surface area contributed by atoms with Crippen molar-refractivity contribution in [3.05, 3.63) is 0 Å². The van der Waals surface area contributed by atoms with Gasteiger partial charge in [-0.05, 0) is 25.7 Å². The highest BCUT2D eigenvalue weighted by Gasteiger charge is 2.08. The van der Waals surface area contributed by atoms with E-state index in [4.69, 9.17) is 25.2 Å². The van der Waals surface area contributed by atoms with Crippen LogP contribution in [0.25, 0.3) is 0 Å². The minimum Gasteiger partial charge on any atom is -0.450 e. The van der Waals surface area contributed by atoms with Crippen molar-refractivity contribution in [1.29, 1.82) is 0 Å². The van der Waals surface area contributed by atoms with Crippen LogP contribution in [0.1, 0.15) is 64.2 Å². The van der Waals surface area contributed by atoms with E-state index in [1.165, 1.54) is 38.5 Å². The molecule has 0 aromatic rings. The number of hydrogen-bond acceptors (Lipinski definition) is 3. The Bertz CT molecular complexity index is 176. The highest BCUT2D eigenvalue weighted by Crippen LogP contribution is 2.16. The predicted molar refractivity (Wildman–Crippen MR) is 68.8 cm³/mol. The van der Waals surface area contributed by atoms with Crippen LogP contribution in [-0.2, 0) is 0 Å². The molecule has 0 atom stereocenters. The second-order valence-corrected chi connectivity index (χ2v) is 4.87. The molecule has 5 heteroatoms. The molecule has 2 saturated carbocycles. The maximum Gasteiger partial charge on any atom is 0.503 e. The van der Waals surface area contributed by atoms with E-state index in [9.17, 15) is 0 Å². The van der Waals surface area contributed by atoms with E-state index >= 15 is 0 Å². The molecule has 0 unspecified atom stereocenters. The van der Waals surface area contributed by atoms with Crippen LogP contribution in [0.5, 0.6) is 0 Å². The number of rotatable bonds is 0. The summed E-state index contributed by atoms with van der Waals surface area (Å²) < 4.78 is 0. The zero-order chi connectivity index (χ0) is 13.8. The third-order valence-corrected chi connectivity index (χ3v) is 3.15. The molecule has 0 aromatic heterocycles. The van der Waals surface area contributed by atoms with Crippen LogP contribution in [0.4, 0.5) is 4.79 Å². The summed E-state index contributed by atoms with van der Waals surface area (Å²) >= 11 is 0. The summed E-state index contributed by atoms with van der Waals surface area (Å²) in [6.45, 7) is 0. The van der Waals surface area contributed by atoms with Crippen molar-refractivity contribution in [3.8, 4) is 0 Å². The average molecular weight is 262 g/mol. The highest BCUT2D eigenvalue weighted by molar-refractivity contribution is 5.53. The third-order valence-electron chi connectivity index (χ3n) is 3.15. The molecule has 0 amide bonds. The Hall–Kier alpha value is -0.810. The van der Waals surface area contributed by atoms with Crippen molar-refractivity contribution >= 4 is 6.16 Å². The first-order valence-corrected chi connectivity index (χ1v) is 6.80. The molecule has 2 aliphatic rings. The van der Waals surface area contributed by atoms with E-state index in [1.54, 1.807) is 0 Å². The maximum atomic E-state index is 8.91. The molecule has 108 valence electrons.